The average Bonchev–Trinajstić information content (AvgIpc) is 2.22. The minimum atomic E-state index is -0.487. The number of guanidine groups is 1. The highest BCUT2D eigenvalue weighted by atomic mass is 16.6. The van der Waals surface area contributed by atoms with Crippen molar-refractivity contribution in [3.8, 4) is 0 Å². The molecule has 0 aliphatic rings. The first-order valence-electron chi connectivity index (χ1n) is 5.12. The summed E-state index contributed by atoms with van der Waals surface area (Å²) in [5, 5.41) is 0. The zero-order valence-electron chi connectivity index (χ0n) is 9.73. The number of carbonyl (C=O) groups excluding carboxylic acids is 1. The Hall–Kier alpha value is -1.34. The molecule has 0 aromatic rings. The number of rotatable bonds is 8. The highest BCUT2D eigenvalue weighted by molar-refractivity contribution is 5.76. The van der Waals surface area contributed by atoms with Crippen LogP contribution in [-0.4, -0.2) is 38.2 Å². The van der Waals surface area contributed by atoms with Gasteiger partial charge >= 0.3 is 5.97 Å². The van der Waals surface area contributed by atoms with E-state index < -0.39 is 6.04 Å². The number of carbonyl (C=O) groups is 1. The van der Waals surface area contributed by atoms with Crippen LogP contribution >= 0.6 is 0 Å². The van der Waals surface area contributed by atoms with Crippen molar-refractivity contribution >= 4 is 11.9 Å². The van der Waals surface area contributed by atoms with Gasteiger partial charge in [-0.1, -0.05) is 0 Å². The molecule has 0 aromatic heterocycles. The largest absolute Gasteiger partial charge is 0.465 e. The van der Waals surface area contributed by atoms with Crippen LogP contribution in [0.4, 0.5) is 0 Å². The zero-order valence-corrected chi connectivity index (χ0v) is 9.73. The second kappa shape index (κ2) is 8.93. The van der Waals surface area contributed by atoms with Gasteiger partial charge in [0.15, 0.2) is 5.96 Å². The number of hydrogen-bond donors (Lipinski definition) is 3. The Morgan fingerprint density at radius 2 is 2.19 bits per heavy atom. The summed E-state index contributed by atoms with van der Waals surface area (Å²) in [6.07, 6.45) is 1.21. The predicted octanol–water partition coefficient (Wildman–Crippen LogP) is -0.877. The Labute approximate surface area is 95.1 Å². The zero-order chi connectivity index (χ0) is 12.4. The summed E-state index contributed by atoms with van der Waals surface area (Å²) in [5.74, 6) is -0.290. The van der Waals surface area contributed by atoms with Gasteiger partial charge in [-0.15, -0.1) is 0 Å². The van der Waals surface area contributed by atoms with Crippen LogP contribution in [-0.2, 0) is 14.4 Å². The molecule has 0 rings (SSSR count). The Balaban J connectivity index is 3.93. The van der Waals surface area contributed by atoms with Gasteiger partial charge in [-0.3, -0.25) is 9.79 Å². The van der Waals surface area contributed by atoms with Crippen molar-refractivity contribution in [2.24, 2.45) is 16.5 Å². The molecule has 0 radical (unpaired) electrons. The van der Waals surface area contributed by atoms with Crippen molar-refractivity contribution in [1.29, 1.82) is 0 Å². The maximum atomic E-state index is 11.4. The molecule has 16 heavy (non-hydrogen) atoms. The molecule has 1 atom stereocenters. The SMILES string of the molecule is CCOC(=O)[C@H](CCCN=C(N)N)NOC. The molecule has 0 unspecified atom stereocenters. The minimum Gasteiger partial charge on any atom is -0.465 e. The number of nitrogens with one attached hydrogen (secondary N) is 1. The van der Waals surface area contributed by atoms with E-state index in [1.165, 1.54) is 7.11 Å². The number of nitrogens with two attached hydrogens (primary N) is 2. The highest BCUT2D eigenvalue weighted by Crippen LogP contribution is 2.00. The van der Waals surface area contributed by atoms with Crippen LogP contribution in [0.15, 0.2) is 4.99 Å². The fourth-order valence-corrected chi connectivity index (χ4v) is 1.11. The maximum absolute atomic E-state index is 11.4. The summed E-state index contributed by atoms with van der Waals surface area (Å²) in [5.41, 5.74) is 12.9. The summed E-state index contributed by atoms with van der Waals surface area (Å²) in [7, 11) is 1.45. The molecule has 94 valence electrons. The number of hydroxylamine groups is 1. The topological polar surface area (TPSA) is 112 Å². The molecule has 0 aromatic carbocycles. The molecule has 0 fully saturated rings. The van der Waals surface area contributed by atoms with E-state index in [2.05, 4.69) is 10.5 Å². The second-order valence-corrected chi connectivity index (χ2v) is 3.08. The monoisotopic (exact) mass is 232 g/mol. The number of aliphatic imine (C=N–C) groups is 1. The van der Waals surface area contributed by atoms with E-state index in [1.54, 1.807) is 6.92 Å². The fourth-order valence-electron chi connectivity index (χ4n) is 1.11. The van der Waals surface area contributed by atoms with Crippen LogP contribution in [0.25, 0.3) is 0 Å². The van der Waals surface area contributed by atoms with Gasteiger partial charge in [0.1, 0.15) is 6.04 Å². The molecule has 0 heterocycles. The summed E-state index contributed by atoms with van der Waals surface area (Å²) in [6, 6.07) is -0.487. The van der Waals surface area contributed by atoms with Gasteiger partial charge in [-0.2, -0.15) is 5.48 Å². The van der Waals surface area contributed by atoms with E-state index in [4.69, 9.17) is 21.0 Å². The summed E-state index contributed by atoms with van der Waals surface area (Å²) in [6.45, 7) is 2.57. The van der Waals surface area contributed by atoms with Crippen molar-refractivity contribution in [1.82, 2.24) is 5.48 Å². The van der Waals surface area contributed by atoms with Gasteiger partial charge in [-0.25, -0.2) is 0 Å². The molecule has 7 heteroatoms. The van der Waals surface area contributed by atoms with E-state index in [0.717, 1.165) is 0 Å². The average molecular weight is 232 g/mol. The van der Waals surface area contributed by atoms with Gasteiger partial charge in [0.25, 0.3) is 0 Å². The highest BCUT2D eigenvalue weighted by Gasteiger charge is 2.18. The molecule has 0 saturated heterocycles. The van der Waals surface area contributed by atoms with Crippen molar-refractivity contribution in [2.75, 3.05) is 20.3 Å². The fraction of sp³-hybridized carbons (Fsp3) is 0.778. The first kappa shape index (κ1) is 14.7. The van der Waals surface area contributed by atoms with Gasteiger partial charge in [0.05, 0.1) is 13.7 Å². The van der Waals surface area contributed by atoms with Gasteiger partial charge in [0.2, 0.25) is 0 Å². The van der Waals surface area contributed by atoms with Crippen molar-refractivity contribution in [3.63, 3.8) is 0 Å². The molecule has 5 N–H and O–H groups in total. The number of hydrogen-bond acceptors (Lipinski definition) is 5. The third kappa shape index (κ3) is 7.02. The molecule has 0 aliphatic carbocycles. The van der Waals surface area contributed by atoms with E-state index in [9.17, 15) is 4.79 Å². The summed E-state index contributed by atoms with van der Waals surface area (Å²) < 4.78 is 4.87. The molecule has 0 spiro atoms. The van der Waals surface area contributed by atoms with Crippen LogP contribution in [0.5, 0.6) is 0 Å². The first-order valence-corrected chi connectivity index (χ1v) is 5.12. The smallest absolute Gasteiger partial charge is 0.325 e. The van der Waals surface area contributed by atoms with E-state index in [1.807, 2.05) is 0 Å². The van der Waals surface area contributed by atoms with Crippen LogP contribution in [0, 0.1) is 0 Å². The third-order valence-electron chi connectivity index (χ3n) is 1.78. The van der Waals surface area contributed by atoms with Crippen LogP contribution < -0.4 is 16.9 Å². The van der Waals surface area contributed by atoms with Gasteiger partial charge in [0, 0.05) is 6.54 Å². The lowest BCUT2D eigenvalue weighted by Gasteiger charge is -2.14. The summed E-state index contributed by atoms with van der Waals surface area (Å²) in [4.78, 5) is 19.9. The third-order valence-corrected chi connectivity index (χ3v) is 1.78. The molecule has 0 bridgehead atoms. The lowest BCUT2D eigenvalue weighted by atomic mass is 10.2. The van der Waals surface area contributed by atoms with Gasteiger partial charge in [-0.05, 0) is 19.8 Å². The van der Waals surface area contributed by atoms with Crippen molar-refractivity contribution in [2.45, 2.75) is 25.8 Å². The molecule has 0 aliphatic heterocycles. The van der Waals surface area contributed by atoms with Crippen LogP contribution in [0.1, 0.15) is 19.8 Å². The van der Waals surface area contributed by atoms with E-state index in [0.29, 0.717) is 26.0 Å². The van der Waals surface area contributed by atoms with E-state index in [-0.39, 0.29) is 11.9 Å². The lowest BCUT2D eigenvalue weighted by molar-refractivity contribution is -0.149. The van der Waals surface area contributed by atoms with Gasteiger partial charge < -0.3 is 21.0 Å². The summed E-state index contributed by atoms with van der Waals surface area (Å²) >= 11 is 0. The molecule has 0 saturated carbocycles. The maximum Gasteiger partial charge on any atom is 0.325 e. The molecule has 7 nitrogen and oxygen atoms in total. The Morgan fingerprint density at radius 1 is 1.50 bits per heavy atom. The second-order valence-electron chi connectivity index (χ2n) is 3.08. The Morgan fingerprint density at radius 3 is 2.69 bits per heavy atom. The minimum absolute atomic E-state index is 0.0485. The normalized spacial score (nSPS) is 11.9. The first-order chi connectivity index (χ1) is 7.61. The molecular formula is C9H20N4O3. The van der Waals surface area contributed by atoms with Crippen molar-refractivity contribution in [3.05, 3.63) is 0 Å². The number of nitrogens with zero attached hydrogens (tertiary/aromatic N) is 1. The van der Waals surface area contributed by atoms with Crippen molar-refractivity contribution < 1.29 is 14.4 Å². The quantitative estimate of drug-likeness (QED) is 0.165. The molecule has 0 amide bonds. The predicted molar refractivity (Wildman–Crippen MR) is 60.5 cm³/mol. The number of ether oxygens (including phenoxy) is 1. The van der Waals surface area contributed by atoms with E-state index >= 15 is 0 Å². The van der Waals surface area contributed by atoms with Crippen LogP contribution in [0.3, 0.4) is 0 Å². The van der Waals surface area contributed by atoms with Crippen LogP contribution in [0.2, 0.25) is 0 Å². The number of esters is 1. The standard InChI is InChI=1S/C9H20N4O3/c1-3-16-8(14)7(13-15-2)5-4-6-12-9(10)11/h7,13H,3-6H2,1-2H3,(H4,10,11,12)/t7-/m0/s1. The Bertz CT molecular complexity index is 229. The lowest BCUT2D eigenvalue weighted by Crippen LogP contribution is -2.37. The Kier molecular flexibility index (Phi) is 8.18. The molecular weight excluding hydrogens is 212 g/mol.